The highest BCUT2D eigenvalue weighted by Crippen LogP contribution is 2.24. The average molecular weight is 263 g/mol. The molecule has 2 rings (SSSR count). The number of rotatable bonds is 2. The molecule has 19 heavy (non-hydrogen) atoms. The highest BCUT2D eigenvalue weighted by atomic mass is 19.1. The maximum atomic E-state index is 13.8. The van der Waals surface area contributed by atoms with Crippen molar-refractivity contribution in [2.75, 3.05) is 0 Å². The van der Waals surface area contributed by atoms with Crippen molar-refractivity contribution in [1.29, 1.82) is 0 Å². The van der Waals surface area contributed by atoms with Crippen molar-refractivity contribution < 1.29 is 14.3 Å². The Morgan fingerprint density at radius 1 is 1.32 bits per heavy atom. The highest BCUT2D eigenvalue weighted by Gasteiger charge is 2.26. The number of hydrogen-bond acceptors (Lipinski definition) is 3. The Balaban J connectivity index is 2.69. The van der Waals surface area contributed by atoms with Crippen molar-refractivity contribution >= 4 is 5.97 Å². The summed E-state index contributed by atoms with van der Waals surface area (Å²) in [6.45, 7) is 5.58. The molecule has 0 spiro atoms. The molecule has 6 heteroatoms. The molecule has 0 aliphatic carbocycles. The summed E-state index contributed by atoms with van der Waals surface area (Å²) in [6.07, 6.45) is 0. The Bertz CT molecular complexity index is 629. The smallest absolute Gasteiger partial charge is 0.375 e. The number of benzene rings is 1. The van der Waals surface area contributed by atoms with Crippen molar-refractivity contribution in [2.45, 2.75) is 26.2 Å². The van der Waals surface area contributed by atoms with Gasteiger partial charge in [0.25, 0.3) is 5.82 Å². The number of halogens is 1. The number of hydrogen-bond donors (Lipinski definition) is 1. The molecule has 0 aliphatic heterocycles. The number of carbonyl (C=O) groups is 1. The minimum Gasteiger partial charge on any atom is -0.475 e. The summed E-state index contributed by atoms with van der Waals surface area (Å²) in [6, 6.07) is 6.05. The Morgan fingerprint density at radius 3 is 2.47 bits per heavy atom. The van der Waals surface area contributed by atoms with Crippen molar-refractivity contribution in [3.8, 4) is 5.69 Å². The Kier molecular flexibility index (Phi) is 3.09. The molecule has 1 aromatic heterocycles. The van der Waals surface area contributed by atoms with Crippen LogP contribution in [0, 0.1) is 5.82 Å². The van der Waals surface area contributed by atoms with E-state index in [0.29, 0.717) is 5.82 Å². The zero-order chi connectivity index (χ0) is 14.2. The molecule has 0 atom stereocenters. The molecule has 0 fully saturated rings. The van der Waals surface area contributed by atoms with Gasteiger partial charge in [0.15, 0.2) is 0 Å². The summed E-state index contributed by atoms with van der Waals surface area (Å²) >= 11 is 0. The topological polar surface area (TPSA) is 68.0 Å². The van der Waals surface area contributed by atoms with Gasteiger partial charge in [-0.25, -0.2) is 18.9 Å². The summed E-state index contributed by atoms with van der Waals surface area (Å²) in [4.78, 5) is 15.0. The normalized spacial score (nSPS) is 11.6. The minimum absolute atomic E-state index is 0.187. The number of aromatic carboxylic acids is 1. The lowest BCUT2D eigenvalue weighted by Crippen LogP contribution is -2.19. The van der Waals surface area contributed by atoms with Crippen LogP contribution in [-0.2, 0) is 5.41 Å². The van der Waals surface area contributed by atoms with Crippen LogP contribution in [0.25, 0.3) is 5.69 Å². The van der Waals surface area contributed by atoms with Crippen molar-refractivity contribution in [3.05, 3.63) is 41.7 Å². The summed E-state index contributed by atoms with van der Waals surface area (Å²) in [7, 11) is 0. The van der Waals surface area contributed by atoms with Crippen LogP contribution in [0.4, 0.5) is 4.39 Å². The molecule has 5 nitrogen and oxygen atoms in total. The van der Waals surface area contributed by atoms with Crippen LogP contribution in [0.1, 0.15) is 37.2 Å². The molecular weight excluding hydrogens is 249 g/mol. The van der Waals surface area contributed by atoms with E-state index < -0.39 is 17.2 Å². The largest absolute Gasteiger partial charge is 0.475 e. The third-order valence-corrected chi connectivity index (χ3v) is 2.55. The molecule has 0 saturated heterocycles. The second-order valence-electron chi connectivity index (χ2n) is 5.18. The fourth-order valence-corrected chi connectivity index (χ4v) is 1.68. The van der Waals surface area contributed by atoms with Gasteiger partial charge in [-0.05, 0) is 12.1 Å². The van der Waals surface area contributed by atoms with Gasteiger partial charge in [0, 0.05) is 5.41 Å². The van der Waals surface area contributed by atoms with Gasteiger partial charge in [0.1, 0.15) is 17.3 Å². The second-order valence-corrected chi connectivity index (χ2v) is 5.18. The summed E-state index contributed by atoms with van der Waals surface area (Å²) in [5.74, 6) is -1.65. The molecule has 0 aliphatic rings. The Morgan fingerprint density at radius 2 is 1.95 bits per heavy atom. The third kappa shape index (κ3) is 2.47. The standard InChI is InChI=1S/C13H14FN3O2/c1-13(2,3)12-15-10(11(18)19)16-17(12)9-7-5-4-6-8(9)14/h4-7H,1-3H3,(H,18,19). The van der Waals surface area contributed by atoms with E-state index in [0.717, 1.165) is 0 Å². The predicted octanol–water partition coefficient (Wildman–Crippen LogP) is 2.40. The van der Waals surface area contributed by atoms with E-state index in [1.807, 2.05) is 20.8 Å². The molecule has 0 bridgehead atoms. The molecular formula is C13H14FN3O2. The molecule has 0 amide bonds. The molecule has 1 heterocycles. The van der Waals surface area contributed by atoms with E-state index in [2.05, 4.69) is 10.1 Å². The maximum absolute atomic E-state index is 13.8. The number of carboxylic acid groups (broad SMARTS) is 1. The van der Waals surface area contributed by atoms with E-state index >= 15 is 0 Å². The first kappa shape index (κ1) is 13.2. The first-order chi connectivity index (χ1) is 8.80. The first-order valence-electron chi connectivity index (χ1n) is 5.76. The molecule has 100 valence electrons. The van der Waals surface area contributed by atoms with Crippen molar-refractivity contribution in [1.82, 2.24) is 14.8 Å². The maximum Gasteiger partial charge on any atom is 0.375 e. The van der Waals surface area contributed by atoms with Gasteiger partial charge < -0.3 is 5.11 Å². The molecule has 1 aromatic carbocycles. The van der Waals surface area contributed by atoms with Crippen molar-refractivity contribution in [2.24, 2.45) is 0 Å². The van der Waals surface area contributed by atoms with Gasteiger partial charge >= 0.3 is 5.97 Å². The monoisotopic (exact) mass is 263 g/mol. The Labute approximate surface area is 109 Å². The Hall–Kier alpha value is -2.24. The van der Waals surface area contributed by atoms with E-state index in [-0.39, 0.29) is 11.5 Å². The van der Waals surface area contributed by atoms with Crippen LogP contribution >= 0.6 is 0 Å². The summed E-state index contributed by atoms with van der Waals surface area (Å²) < 4.78 is 15.1. The van der Waals surface area contributed by atoms with E-state index in [9.17, 15) is 9.18 Å². The number of aromatic nitrogens is 3. The summed E-state index contributed by atoms with van der Waals surface area (Å²) in [5.41, 5.74) is -0.268. The zero-order valence-electron chi connectivity index (χ0n) is 10.9. The van der Waals surface area contributed by atoms with Crippen LogP contribution in [0.15, 0.2) is 24.3 Å². The quantitative estimate of drug-likeness (QED) is 0.903. The van der Waals surface area contributed by atoms with E-state index in [1.165, 1.54) is 16.8 Å². The number of carboxylic acids is 1. The highest BCUT2D eigenvalue weighted by molar-refractivity contribution is 5.83. The van der Waals surface area contributed by atoms with Gasteiger partial charge in [-0.15, -0.1) is 5.10 Å². The lowest BCUT2D eigenvalue weighted by Gasteiger charge is -2.18. The molecule has 0 saturated carbocycles. The number of para-hydroxylation sites is 1. The number of nitrogens with zero attached hydrogens (tertiary/aromatic N) is 3. The van der Waals surface area contributed by atoms with Crippen LogP contribution in [0.3, 0.4) is 0 Å². The SMILES string of the molecule is CC(C)(C)c1nc(C(=O)O)nn1-c1ccccc1F. The minimum atomic E-state index is -1.24. The fraction of sp³-hybridized carbons (Fsp3) is 0.308. The molecule has 1 N–H and O–H groups in total. The lowest BCUT2D eigenvalue weighted by molar-refractivity contribution is 0.0683. The van der Waals surface area contributed by atoms with Crippen LogP contribution < -0.4 is 0 Å². The average Bonchev–Trinajstić information content (AvgIpc) is 2.74. The predicted molar refractivity (Wildman–Crippen MR) is 67.0 cm³/mol. The molecule has 2 aromatic rings. The second kappa shape index (κ2) is 4.46. The lowest BCUT2D eigenvalue weighted by atomic mass is 9.95. The van der Waals surface area contributed by atoms with Gasteiger partial charge in [-0.3, -0.25) is 0 Å². The van der Waals surface area contributed by atoms with E-state index in [1.54, 1.807) is 12.1 Å². The zero-order valence-corrected chi connectivity index (χ0v) is 10.9. The van der Waals surface area contributed by atoms with E-state index in [4.69, 9.17) is 5.11 Å². The van der Waals surface area contributed by atoms with Gasteiger partial charge in [-0.2, -0.15) is 0 Å². The van der Waals surface area contributed by atoms with Crippen LogP contribution in [0.5, 0.6) is 0 Å². The van der Waals surface area contributed by atoms with Crippen molar-refractivity contribution in [3.63, 3.8) is 0 Å². The molecule has 0 unspecified atom stereocenters. The van der Waals surface area contributed by atoms with Gasteiger partial charge in [-0.1, -0.05) is 32.9 Å². The first-order valence-corrected chi connectivity index (χ1v) is 5.76. The van der Waals surface area contributed by atoms with Crippen LogP contribution in [-0.4, -0.2) is 25.8 Å². The van der Waals surface area contributed by atoms with Gasteiger partial charge in [0.2, 0.25) is 0 Å². The summed E-state index contributed by atoms with van der Waals surface area (Å²) in [5, 5.41) is 12.8. The van der Waals surface area contributed by atoms with Crippen LogP contribution in [0.2, 0.25) is 0 Å². The van der Waals surface area contributed by atoms with Gasteiger partial charge in [0.05, 0.1) is 0 Å². The third-order valence-electron chi connectivity index (χ3n) is 2.55. The fourth-order valence-electron chi connectivity index (χ4n) is 1.68. The molecule has 0 radical (unpaired) electrons.